The van der Waals surface area contributed by atoms with Crippen molar-refractivity contribution < 1.29 is 9.53 Å². The number of halogens is 1. The summed E-state index contributed by atoms with van der Waals surface area (Å²) in [6.45, 7) is 5.54. The molecular formula is C13H16BrNO2. The number of amides is 1. The Hall–Kier alpha value is -1.03. The maximum Gasteiger partial charge on any atom is 0.263 e. The number of rotatable bonds is 3. The van der Waals surface area contributed by atoms with Gasteiger partial charge in [-0.25, -0.2) is 0 Å². The van der Waals surface area contributed by atoms with Gasteiger partial charge in [0.05, 0.1) is 4.47 Å². The first kappa shape index (κ1) is 12.4. The van der Waals surface area contributed by atoms with Crippen molar-refractivity contribution in [3.63, 3.8) is 0 Å². The zero-order chi connectivity index (χ0) is 12.4. The number of benzene rings is 1. The normalized spacial score (nSPS) is 16.3. The average Bonchev–Trinajstić information content (AvgIpc) is 2.19. The van der Waals surface area contributed by atoms with E-state index in [1.165, 1.54) is 0 Å². The van der Waals surface area contributed by atoms with E-state index in [2.05, 4.69) is 15.9 Å². The fraction of sp³-hybridized carbons (Fsp3) is 0.462. The Labute approximate surface area is 110 Å². The predicted octanol–water partition coefficient (Wildman–Crippen LogP) is 2.76. The molecule has 0 bridgehead atoms. The molecule has 1 fully saturated rings. The average molecular weight is 298 g/mol. The van der Waals surface area contributed by atoms with Crippen LogP contribution in [0, 0.1) is 6.92 Å². The van der Waals surface area contributed by atoms with Crippen molar-refractivity contribution in [1.82, 2.24) is 4.90 Å². The fourth-order valence-corrected chi connectivity index (χ4v) is 2.32. The summed E-state index contributed by atoms with van der Waals surface area (Å²) in [7, 11) is 0. The van der Waals surface area contributed by atoms with Crippen LogP contribution in [0.5, 0.6) is 5.75 Å². The molecule has 0 aromatic heterocycles. The maximum atomic E-state index is 11.9. The van der Waals surface area contributed by atoms with Gasteiger partial charge >= 0.3 is 0 Å². The van der Waals surface area contributed by atoms with Gasteiger partial charge in [0.25, 0.3) is 5.91 Å². The van der Waals surface area contributed by atoms with Crippen molar-refractivity contribution >= 4 is 21.8 Å². The number of carbonyl (C=O) groups is 1. The molecule has 0 radical (unpaired) electrons. The number of aryl methyl sites for hydroxylation is 1. The van der Waals surface area contributed by atoms with Gasteiger partial charge in [-0.05, 0) is 53.9 Å². The highest BCUT2D eigenvalue weighted by Gasteiger charge is 2.26. The second-order valence-electron chi connectivity index (χ2n) is 4.37. The van der Waals surface area contributed by atoms with Crippen molar-refractivity contribution in [3.8, 4) is 5.75 Å². The molecule has 1 amide bonds. The summed E-state index contributed by atoms with van der Waals surface area (Å²) in [4.78, 5) is 13.7. The quantitative estimate of drug-likeness (QED) is 0.859. The van der Waals surface area contributed by atoms with Gasteiger partial charge in [-0.15, -0.1) is 0 Å². The third-order valence-corrected chi connectivity index (χ3v) is 3.53. The van der Waals surface area contributed by atoms with Crippen LogP contribution in [-0.4, -0.2) is 30.0 Å². The van der Waals surface area contributed by atoms with Crippen molar-refractivity contribution in [2.24, 2.45) is 0 Å². The molecule has 1 aromatic carbocycles. The van der Waals surface area contributed by atoms with Crippen LogP contribution in [0.15, 0.2) is 22.7 Å². The molecule has 1 saturated heterocycles. The molecule has 0 spiro atoms. The largest absolute Gasteiger partial charge is 0.480 e. The van der Waals surface area contributed by atoms with Crippen LogP contribution in [0.3, 0.4) is 0 Å². The minimum Gasteiger partial charge on any atom is -0.480 e. The minimum atomic E-state index is -0.422. The lowest BCUT2D eigenvalue weighted by Gasteiger charge is -2.33. The van der Waals surface area contributed by atoms with E-state index in [0.717, 1.165) is 35.3 Å². The molecule has 1 atom stereocenters. The lowest BCUT2D eigenvalue weighted by molar-refractivity contribution is -0.141. The minimum absolute atomic E-state index is 0.0729. The van der Waals surface area contributed by atoms with Crippen LogP contribution in [0.4, 0.5) is 0 Å². The zero-order valence-corrected chi connectivity index (χ0v) is 11.7. The number of nitrogens with zero attached hydrogens (tertiary/aromatic N) is 1. The van der Waals surface area contributed by atoms with Crippen LogP contribution in [0.2, 0.25) is 0 Å². The zero-order valence-electron chi connectivity index (χ0n) is 10.1. The Kier molecular flexibility index (Phi) is 3.72. The molecule has 1 heterocycles. The predicted molar refractivity (Wildman–Crippen MR) is 70.2 cm³/mol. The van der Waals surface area contributed by atoms with Gasteiger partial charge in [-0.1, -0.05) is 6.07 Å². The molecule has 2 rings (SSSR count). The summed E-state index contributed by atoms with van der Waals surface area (Å²) in [5.41, 5.74) is 1.16. The first-order chi connectivity index (χ1) is 8.08. The second-order valence-corrected chi connectivity index (χ2v) is 5.23. The van der Waals surface area contributed by atoms with Crippen LogP contribution in [0.1, 0.15) is 18.9 Å². The van der Waals surface area contributed by atoms with Gasteiger partial charge in [0.1, 0.15) is 5.75 Å². The Morgan fingerprint density at radius 1 is 1.47 bits per heavy atom. The van der Waals surface area contributed by atoms with E-state index in [4.69, 9.17) is 4.74 Å². The maximum absolute atomic E-state index is 11.9. The summed E-state index contributed by atoms with van der Waals surface area (Å²) in [6, 6.07) is 5.84. The highest BCUT2D eigenvalue weighted by molar-refractivity contribution is 9.10. The molecule has 4 heteroatoms. The van der Waals surface area contributed by atoms with E-state index in [9.17, 15) is 4.79 Å². The second kappa shape index (κ2) is 5.08. The smallest absolute Gasteiger partial charge is 0.263 e. The van der Waals surface area contributed by atoms with Gasteiger partial charge in [-0.2, -0.15) is 0 Å². The molecule has 1 aliphatic heterocycles. The van der Waals surface area contributed by atoms with Crippen molar-refractivity contribution in [1.29, 1.82) is 0 Å². The van der Waals surface area contributed by atoms with Crippen LogP contribution < -0.4 is 4.74 Å². The van der Waals surface area contributed by atoms with Crippen molar-refractivity contribution in [2.45, 2.75) is 26.4 Å². The number of hydrogen-bond donors (Lipinski definition) is 0. The first-order valence-electron chi connectivity index (χ1n) is 5.79. The third-order valence-electron chi connectivity index (χ3n) is 2.91. The molecule has 0 aliphatic carbocycles. The molecule has 17 heavy (non-hydrogen) atoms. The topological polar surface area (TPSA) is 29.5 Å². The third kappa shape index (κ3) is 2.80. The van der Waals surface area contributed by atoms with E-state index in [0.29, 0.717) is 0 Å². The SMILES string of the molecule is Cc1ccc(OC(C)C(=O)N2CCC2)c(Br)c1. The lowest BCUT2D eigenvalue weighted by atomic mass is 10.2. The Morgan fingerprint density at radius 3 is 2.71 bits per heavy atom. The Bertz CT molecular complexity index is 429. The molecule has 3 nitrogen and oxygen atoms in total. The highest BCUT2D eigenvalue weighted by Crippen LogP contribution is 2.27. The van der Waals surface area contributed by atoms with Gasteiger partial charge in [0, 0.05) is 13.1 Å². The van der Waals surface area contributed by atoms with Crippen LogP contribution in [-0.2, 0) is 4.79 Å². The lowest BCUT2D eigenvalue weighted by Crippen LogP contribution is -2.47. The van der Waals surface area contributed by atoms with E-state index >= 15 is 0 Å². The van der Waals surface area contributed by atoms with E-state index in [-0.39, 0.29) is 5.91 Å². The highest BCUT2D eigenvalue weighted by atomic mass is 79.9. The van der Waals surface area contributed by atoms with Crippen molar-refractivity contribution in [3.05, 3.63) is 28.2 Å². The van der Waals surface area contributed by atoms with Crippen LogP contribution >= 0.6 is 15.9 Å². The molecule has 92 valence electrons. The van der Waals surface area contributed by atoms with Crippen molar-refractivity contribution in [2.75, 3.05) is 13.1 Å². The summed E-state index contributed by atoms with van der Waals surface area (Å²) >= 11 is 3.44. The van der Waals surface area contributed by atoms with E-state index in [1.54, 1.807) is 6.92 Å². The number of ether oxygens (including phenoxy) is 1. The Balaban J connectivity index is 2.01. The van der Waals surface area contributed by atoms with Gasteiger partial charge in [0.15, 0.2) is 6.10 Å². The number of carbonyl (C=O) groups excluding carboxylic acids is 1. The number of likely N-dealkylation sites (tertiary alicyclic amines) is 1. The molecule has 0 N–H and O–H groups in total. The summed E-state index contributed by atoms with van der Waals surface area (Å²) < 4.78 is 6.57. The van der Waals surface area contributed by atoms with Gasteiger partial charge in [0.2, 0.25) is 0 Å². The number of hydrogen-bond acceptors (Lipinski definition) is 2. The monoisotopic (exact) mass is 297 g/mol. The van der Waals surface area contributed by atoms with E-state index in [1.807, 2.05) is 30.0 Å². The summed E-state index contributed by atoms with van der Waals surface area (Å²) in [5, 5.41) is 0. The van der Waals surface area contributed by atoms with Crippen LogP contribution in [0.25, 0.3) is 0 Å². The standard InChI is InChI=1S/C13H16BrNO2/c1-9-4-5-12(11(14)8-9)17-10(2)13(16)15-6-3-7-15/h4-5,8,10H,3,6-7H2,1-2H3. The molecule has 1 unspecified atom stereocenters. The summed E-state index contributed by atoms with van der Waals surface area (Å²) in [5.74, 6) is 0.792. The van der Waals surface area contributed by atoms with E-state index < -0.39 is 6.10 Å². The molecule has 1 aliphatic rings. The fourth-order valence-electron chi connectivity index (χ4n) is 1.74. The molecule has 0 saturated carbocycles. The summed E-state index contributed by atoms with van der Waals surface area (Å²) in [6.07, 6.45) is 0.682. The van der Waals surface area contributed by atoms with Gasteiger partial charge in [-0.3, -0.25) is 4.79 Å². The first-order valence-corrected chi connectivity index (χ1v) is 6.59. The molecular weight excluding hydrogens is 282 g/mol. The molecule has 1 aromatic rings. The van der Waals surface area contributed by atoms with Gasteiger partial charge < -0.3 is 9.64 Å². The Morgan fingerprint density at radius 2 is 2.18 bits per heavy atom.